The molecule has 3 rings (SSSR count). The number of carbonyl (C=O) groups is 4. The van der Waals surface area contributed by atoms with E-state index in [2.05, 4.69) is 33.2 Å². The van der Waals surface area contributed by atoms with Gasteiger partial charge < -0.3 is 34.9 Å². The van der Waals surface area contributed by atoms with E-state index < -0.39 is 36.0 Å². The topological polar surface area (TPSA) is 143 Å². The molecule has 12 heteroatoms. The highest BCUT2D eigenvalue weighted by molar-refractivity contribution is 14.1. The summed E-state index contributed by atoms with van der Waals surface area (Å²) in [6.45, 7) is 5.34. The molecule has 2 aromatic carbocycles. The zero-order valence-electron chi connectivity index (χ0n) is 22.4. The van der Waals surface area contributed by atoms with E-state index in [0.717, 1.165) is 3.57 Å². The molecular formula is C28H34IN3O8. The number of benzene rings is 2. The van der Waals surface area contributed by atoms with Crippen molar-refractivity contribution >= 4 is 46.5 Å². The van der Waals surface area contributed by atoms with E-state index in [-0.39, 0.29) is 18.9 Å². The lowest BCUT2D eigenvalue weighted by Crippen LogP contribution is -2.53. The molecule has 2 aromatic rings. The van der Waals surface area contributed by atoms with Gasteiger partial charge in [-0.15, -0.1) is 0 Å². The number of morpholine rings is 1. The summed E-state index contributed by atoms with van der Waals surface area (Å²) in [5.41, 5.74) is 0.620. The van der Waals surface area contributed by atoms with Crippen LogP contribution in [0.2, 0.25) is 0 Å². The lowest BCUT2D eigenvalue weighted by Gasteiger charge is -2.25. The maximum Gasteiger partial charge on any atom is 0.415 e. The molecule has 0 unspecified atom stereocenters. The first-order valence-electron chi connectivity index (χ1n) is 13.0. The smallest absolute Gasteiger partial charge is 0.415 e. The molecule has 0 aliphatic carbocycles. The van der Waals surface area contributed by atoms with Gasteiger partial charge in [0.1, 0.15) is 23.6 Å². The minimum atomic E-state index is -1.23. The molecule has 40 heavy (non-hydrogen) atoms. The fourth-order valence-corrected chi connectivity index (χ4v) is 4.50. The van der Waals surface area contributed by atoms with Crippen molar-refractivity contribution < 1.29 is 38.5 Å². The Morgan fingerprint density at radius 3 is 2.30 bits per heavy atom. The van der Waals surface area contributed by atoms with Crippen molar-refractivity contribution in [2.75, 3.05) is 32.9 Å². The first-order chi connectivity index (χ1) is 19.1. The van der Waals surface area contributed by atoms with Crippen LogP contribution in [0.4, 0.5) is 4.79 Å². The van der Waals surface area contributed by atoms with Crippen LogP contribution in [0.15, 0.2) is 48.5 Å². The Morgan fingerprint density at radius 2 is 1.68 bits per heavy atom. The first-order valence-corrected chi connectivity index (χ1v) is 14.0. The van der Waals surface area contributed by atoms with Crippen LogP contribution in [-0.2, 0) is 25.5 Å². The second-order valence-corrected chi connectivity index (χ2v) is 10.8. The van der Waals surface area contributed by atoms with E-state index in [1.807, 2.05) is 26.0 Å². The molecule has 1 aliphatic heterocycles. The molecule has 1 saturated heterocycles. The van der Waals surface area contributed by atoms with E-state index in [1.54, 1.807) is 41.3 Å². The fourth-order valence-electron chi connectivity index (χ4n) is 3.96. The third kappa shape index (κ3) is 9.97. The van der Waals surface area contributed by atoms with E-state index in [4.69, 9.17) is 14.2 Å². The normalized spacial score (nSPS) is 14.7. The molecule has 0 radical (unpaired) electrons. The molecular weight excluding hydrogens is 633 g/mol. The van der Waals surface area contributed by atoms with Crippen molar-refractivity contribution in [3.05, 3.63) is 57.7 Å². The summed E-state index contributed by atoms with van der Waals surface area (Å²) in [6, 6.07) is 11.5. The van der Waals surface area contributed by atoms with Gasteiger partial charge in [0.2, 0.25) is 5.91 Å². The second kappa shape index (κ2) is 15.4. The predicted molar refractivity (Wildman–Crippen MR) is 154 cm³/mol. The maximum absolute atomic E-state index is 13.1. The van der Waals surface area contributed by atoms with Crippen LogP contribution in [0.3, 0.4) is 0 Å². The van der Waals surface area contributed by atoms with E-state index >= 15 is 0 Å². The largest absolute Gasteiger partial charge is 0.483 e. The molecule has 1 heterocycles. The number of amides is 3. The van der Waals surface area contributed by atoms with Gasteiger partial charge in [-0.05, 0) is 64.8 Å². The number of nitrogens with zero attached hydrogens (tertiary/aromatic N) is 1. The van der Waals surface area contributed by atoms with Crippen LogP contribution in [0.1, 0.15) is 25.8 Å². The van der Waals surface area contributed by atoms with Crippen LogP contribution in [0, 0.1) is 9.49 Å². The van der Waals surface area contributed by atoms with Gasteiger partial charge in [-0.1, -0.05) is 38.1 Å². The third-order valence-electron chi connectivity index (χ3n) is 6.01. The SMILES string of the molecule is CC(C)C[C@H](NC(=O)COc1ccccc1I)C(=O)N[C@@H](Cc1ccc(OC(=O)N2CCOCC2)cc1)C(=O)O. The zero-order chi connectivity index (χ0) is 29.1. The zero-order valence-corrected chi connectivity index (χ0v) is 24.6. The summed E-state index contributed by atoms with van der Waals surface area (Å²) < 4.78 is 17.0. The molecule has 1 fully saturated rings. The van der Waals surface area contributed by atoms with Crippen LogP contribution >= 0.6 is 22.6 Å². The fraction of sp³-hybridized carbons (Fsp3) is 0.429. The second-order valence-electron chi connectivity index (χ2n) is 9.68. The number of ether oxygens (including phenoxy) is 3. The number of hydrogen-bond donors (Lipinski definition) is 3. The van der Waals surface area contributed by atoms with E-state index in [1.165, 1.54) is 0 Å². The molecule has 3 N–H and O–H groups in total. The number of carboxylic acid groups (broad SMARTS) is 1. The number of para-hydroxylation sites is 1. The summed E-state index contributed by atoms with van der Waals surface area (Å²) >= 11 is 2.10. The van der Waals surface area contributed by atoms with Crippen LogP contribution in [0.25, 0.3) is 0 Å². The number of hydrogen-bond acceptors (Lipinski definition) is 7. The lowest BCUT2D eigenvalue weighted by atomic mass is 10.0. The summed E-state index contributed by atoms with van der Waals surface area (Å²) in [4.78, 5) is 51.4. The molecule has 2 atom stereocenters. The molecule has 0 bridgehead atoms. The van der Waals surface area contributed by atoms with Crippen LogP contribution in [-0.4, -0.2) is 78.9 Å². The Morgan fingerprint density at radius 1 is 1.00 bits per heavy atom. The molecule has 0 aromatic heterocycles. The number of rotatable bonds is 12. The molecule has 0 spiro atoms. The number of aliphatic carboxylic acids is 1. The van der Waals surface area contributed by atoms with Crippen molar-refractivity contribution in [1.82, 2.24) is 15.5 Å². The first kappa shape index (κ1) is 31.1. The molecule has 1 aliphatic rings. The predicted octanol–water partition coefficient (Wildman–Crippen LogP) is 2.84. The van der Waals surface area contributed by atoms with Gasteiger partial charge in [-0.3, -0.25) is 9.59 Å². The Balaban J connectivity index is 1.57. The van der Waals surface area contributed by atoms with E-state index in [9.17, 15) is 24.3 Å². The van der Waals surface area contributed by atoms with Crippen molar-refractivity contribution in [2.45, 2.75) is 38.8 Å². The Bertz CT molecular complexity index is 1170. The Kier molecular flexibility index (Phi) is 12.0. The minimum absolute atomic E-state index is 0.00331. The van der Waals surface area contributed by atoms with Gasteiger partial charge in [0, 0.05) is 19.5 Å². The molecule has 0 saturated carbocycles. The average molecular weight is 667 g/mol. The van der Waals surface area contributed by atoms with Gasteiger partial charge in [-0.2, -0.15) is 0 Å². The quantitative estimate of drug-likeness (QED) is 0.294. The summed E-state index contributed by atoms with van der Waals surface area (Å²) in [5, 5.41) is 15.0. The lowest BCUT2D eigenvalue weighted by molar-refractivity contribution is -0.142. The number of nitrogens with one attached hydrogen (secondary N) is 2. The van der Waals surface area contributed by atoms with Gasteiger partial charge in [0.25, 0.3) is 5.91 Å². The van der Waals surface area contributed by atoms with E-state index in [0.29, 0.717) is 49.8 Å². The van der Waals surface area contributed by atoms with Gasteiger partial charge >= 0.3 is 12.1 Å². The standard InChI is InChI=1S/C28H34IN3O8/c1-18(2)15-22(30-25(33)17-39-24-6-4-3-5-21(24)29)26(34)31-23(27(35)36)16-19-7-9-20(10-8-19)40-28(37)32-11-13-38-14-12-32/h3-10,18,22-23H,11-17H2,1-2H3,(H,30,33)(H,31,34)(H,35,36)/t22-,23-/m0/s1. The summed E-state index contributed by atoms with van der Waals surface area (Å²) in [5.74, 6) is -1.37. The van der Waals surface area contributed by atoms with Crippen molar-refractivity contribution in [3.8, 4) is 11.5 Å². The highest BCUT2D eigenvalue weighted by Gasteiger charge is 2.28. The van der Waals surface area contributed by atoms with Crippen molar-refractivity contribution in [1.29, 1.82) is 0 Å². The minimum Gasteiger partial charge on any atom is -0.483 e. The molecule has 216 valence electrons. The van der Waals surface area contributed by atoms with Crippen molar-refractivity contribution in [3.63, 3.8) is 0 Å². The number of carboxylic acids is 1. The monoisotopic (exact) mass is 667 g/mol. The van der Waals surface area contributed by atoms with Gasteiger partial charge in [0.15, 0.2) is 6.61 Å². The average Bonchev–Trinajstić information content (AvgIpc) is 2.93. The summed E-state index contributed by atoms with van der Waals surface area (Å²) in [6.07, 6.45) is -0.166. The number of halogens is 1. The Labute approximate surface area is 246 Å². The molecule has 11 nitrogen and oxygen atoms in total. The van der Waals surface area contributed by atoms with Crippen LogP contribution in [0.5, 0.6) is 11.5 Å². The summed E-state index contributed by atoms with van der Waals surface area (Å²) in [7, 11) is 0. The third-order valence-corrected chi connectivity index (χ3v) is 6.90. The highest BCUT2D eigenvalue weighted by atomic mass is 127. The number of carbonyl (C=O) groups excluding carboxylic acids is 3. The van der Waals surface area contributed by atoms with Crippen molar-refractivity contribution in [2.24, 2.45) is 5.92 Å². The molecule has 3 amide bonds. The van der Waals surface area contributed by atoms with Gasteiger partial charge in [-0.25, -0.2) is 9.59 Å². The van der Waals surface area contributed by atoms with Gasteiger partial charge in [0.05, 0.1) is 16.8 Å². The van der Waals surface area contributed by atoms with Crippen LogP contribution < -0.4 is 20.1 Å². The highest BCUT2D eigenvalue weighted by Crippen LogP contribution is 2.19. The maximum atomic E-state index is 13.1. The Hall–Kier alpha value is -3.39.